The van der Waals surface area contributed by atoms with Crippen molar-refractivity contribution in [2.75, 3.05) is 37.6 Å². The molecule has 0 saturated carbocycles. The summed E-state index contributed by atoms with van der Waals surface area (Å²) in [6.45, 7) is 4.67. The highest BCUT2D eigenvalue weighted by Gasteiger charge is 2.29. The molecule has 0 aliphatic carbocycles. The van der Waals surface area contributed by atoms with Crippen molar-refractivity contribution in [2.45, 2.75) is 19.0 Å². The van der Waals surface area contributed by atoms with Gasteiger partial charge in [0.05, 0.1) is 15.8 Å². The van der Waals surface area contributed by atoms with Gasteiger partial charge in [0.15, 0.2) is 0 Å². The number of anilines is 1. The number of benzene rings is 2. The van der Waals surface area contributed by atoms with Crippen molar-refractivity contribution < 1.29 is 13.2 Å². The zero-order chi connectivity index (χ0) is 20.4. The summed E-state index contributed by atoms with van der Waals surface area (Å²) in [5, 5.41) is 0. The van der Waals surface area contributed by atoms with Crippen LogP contribution in [0.2, 0.25) is 0 Å². The molecule has 1 aliphatic rings. The molecule has 0 atom stereocenters. The molecular weight excluding hydrogens is 399 g/mol. The normalized spacial score (nSPS) is 15.9. The third-order valence-corrected chi connectivity index (χ3v) is 6.22. The topological polar surface area (TPSA) is 39.3 Å². The summed E-state index contributed by atoms with van der Waals surface area (Å²) in [5.41, 5.74) is 2.35. The van der Waals surface area contributed by atoms with Gasteiger partial charge in [-0.2, -0.15) is 13.2 Å². The van der Waals surface area contributed by atoms with E-state index in [0.717, 1.165) is 79.2 Å². The Bertz CT molecular complexity index is 1020. The molecule has 4 rings (SSSR count). The van der Waals surface area contributed by atoms with Crippen molar-refractivity contribution in [1.82, 2.24) is 9.88 Å². The van der Waals surface area contributed by atoms with Crippen molar-refractivity contribution in [1.29, 1.82) is 0 Å². The molecule has 1 aromatic heterocycles. The molecule has 4 nitrogen and oxygen atoms in total. The Balaban J connectivity index is 1.25. The van der Waals surface area contributed by atoms with Crippen LogP contribution in [0.3, 0.4) is 0 Å². The van der Waals surface area contributed by atoms with Crippen LogP contribution in [0.4, 0.5) is 18.9 Å². The number of H-pyrrole nitrogens is 1. The predicted molar refractivity (Wildman–Crippen MR) is 111 cm³/mol. The second kappa shape index (κ2) is 8.20. The molecule has 0 amide bonds. The van der Waals surface area contributed by atoms with Crippen molar-refractivity contribution in [3.63, 3.8) is 0 Å². The van der Waals surface area contributed by atoms with Crippen LogP contribution >= 0.6 is 11.3 Å². The van der Waals surface area contributed by atoms with Gasteiger partial charge in [-0.15, -0.1) is 0 Å². The first kappa shape index (κ1) is 20.0. The molecular formula is C21H22F3N3OS. The van der Waals surface area contributed by atoms with Gasteiger partial charge in [0.2, 0.25) is 0 Å². The molecule has 0 spiro atoms. The molecule has 1 saturated heterocycles. The Morgan fingerprint density at radius 2 is 1.72 bits per heavy atom. The van der Waals surface area contributed by atoms with E-state index in [4.69, 9.17) is 0 Å². The Morgan fingerprint density at radius 1 is 1.00 bits per heavy atom. The first-order valence-corrected chi connectivity index (χ1v) is 10.5. The van der Waals surface area contributed by atoms with Crippen molar-refractivity contribution >= 4 is 27.2 Å². The van der Waals surface area contributed by atoms with Gasteiger partial charge in [-0.05, 0) is 55.3 Å². The van der Waals surface area contributed by atoms with Crippen LogP contribution < -0.4 is 9.77 Å². The smallest absolute Gasteiger partial charge is 0.369 e. The number of nitrogens with one attached hydrogen (secondary N) is 1. The number of hydrogen-bond donors (Lipinski definition) is 1. The molecule has 0 radical (unpaired) electrons. The van der Waals surface area contributed by atoms with Crippen LogP contribution in [-0.4, -0.2) is 42.6 Å². The summed E-state index contributed by atoms with van der Waals surface area (Å²) in [6, 6.07) is 11.6. The van der Waals surface area contributed by atoms with E-state index in [2.05, 4.69) is 20.9 Å². The SMILES string of the molecule is O=c1[nH]c2cc(N3CCN(CCCc4ccc(C(F)(F)F)cc4)CC3)ccc2s1. The number of alkyl halides is 3. The second-order valence-corrected chi connectivity index (χ2v) is 8.34. The number of fused-ring (bicyclic) bond motifs is 1. The summed E-state index contributed by atoms with van der Waals surface area (Å²) in [5.74, 6) is 0. The van der Waals surface area contributed by atoms with Crippen LogP contribution in [0.5, 0.6) is 0 Å². The minimum Gasteiger partial charge on any atom is -0.369 e. The number of rotatable bonds is 5. The molecule has 8 heteroatoms. The number of piperazine rings is 1. The summed E-state index contributed by atoms with van der Waals surface area (Å²) < 4.78 is 38.8. The number of aromatic amines is 1. The molecule has 1 aliphatic heterocycles. The molecule has 1 fully saturated rings. The van der Waals surface area contributed by atoms with Gasteiger partial charge >= 0.3 is 11.0 Å². The van der Waals surface area contributed by atoms with Crippen LogP contribution in [0, 0.1) is 0 Å². The maximum absolute atomic E-state index is 12.6. The molecule has 29 heavy (non-hydrogen) atoms. The van der Waals surface area contributed by atoms with E-state index < -0.39 is 11.7 Å². The Kier molecular flexibility index (Phi) is 5.65. The van der Waals surface area contributed by atoms with Crippen LogP contribution in [0.1, 0.15) is 17.5 Å². The lowest BCUT2D eigenvalue weighted by molar-refractivity contribution is -0.137. The third-order valence-electron chi connectivity index (χ3n) is 5.36. The van der Waals surface area contributed by atoms with E-state index in [-0.39, 0.29) is 4.87 Å². The highest BCUT2D eigenvalue weighted by Crippen LogP contribution is 2.29. The Morgan fingerprint density at radius 3 is 2.41 bits per heavy atom. The zero-order valence-corrected chi connectivity index (χ0v) is 16.7. The fourth-order valence-electron chi connectivity index (χ4n) is 3.73. The first-order valence-electron chi connectivity index (χ1n) is 9.65. The minimum atomic E-state index is -4.28. The van der Waals surface area contributed by atoms with Gasteiger partial charge in [-0.3, -0.25) is 9.69 Å². The van der Waals surface area contributed by atoms with Crippen LogP contribution in [0.25, 0.3) is 10.2 Å². The average molecular weight is 421 g/mol. The number of hydrogen-bond acceptors (Lipinski definition) is 4. The molecule has 3 aromatic rings. The second-order valence-electron chi connectivity index (χ2n) is 7.32. The number of halogens is 3. The highest BCUT2D eigenvalue weighted by molar-refractivity contribution is 7.16. The van der Waals surface area contributed by atoms with E-state index >= 15 is 0 Å². The van der Waals surface area contributed by atoms with Gasteiger partial charge in [-0.1, -0.05) is 23.5 Å². The van der Waals surface area contributed by atoms with Crippen molar-refractivity contribution in [2.24, 2.45) is 0 Å². The third kappa shape index (κ3) is 4.82. The predicted octanol–water partition coefficient (Wildman–Crippen LogP) is 4.36. The largest absolute Gasteiger partial charge is 0.416 e. The van der Waals surface area contributed by atoms with Gasteiger partial charge < -0.3 is 9.88 Å². The average Bonchev–Trinajstić information content (AvgIpc) is 3.07. The summed E-state index contributed by atoms with van der Waals surface area (Å²) in [6.07, 6.45) is -2.57. The van der Waals surface area contributed by atoms with Gasteiger partial charge in [-0.25, -0.2) is 0 Å². The summed E-state index contributed by atoms with van der Waals surface area (Å²) in [7, 11) is 0. The van der Waals surface area contributed by atoms with Gasteiger partial charge in [0.25, 0.3) is 0 Å². The minimum absolute atomic E-state index is 0.0324. The van der Waals surface area contributed by atoms with E-state index in [1.165, 1.54) is 11.3 Å². The lowest BCUT2D eigenvalue weighted by Crippen LogP contribution is -2.46. The van der Waals surface area contributed by atoms with E-state index in [1.807, 2.05) is 12.1 Å². The number of aromatic nitrogens is 1. The monoisotopic (exact) mass is 421 g/mol. The lowest BCUT2D eigenvalue weighted by Gasteiger charge is -2.36. The fraction of sp³-hybridized carbons (Fsp3) is 0.381. The maximum atomic E-state index is 12.6. The standard InChI is InChI=1S/C21H22F3N3OS/c22-21(23,24)16-5-3-15(4-6-16)2-1-9-26-10-12-27(13-11-26)17-7-8-19-18(14-17)25-20(28)29-19/h3-8,14H,1-2,9-13H2,(H,25,28). The molecule has 1 N–H and O–H groups in total. The number of nitrogens with zero attached hydrogens (tertiary/aromatic N) is 2. The lowest BCUT2D eigenvalue weighted by atomic mass is 10.1. The molecule has 0 bridgehead atoms. The van der Waals surface area contributed by atoms with Crippen LogP contribution in [0.15, 0.2) is 47.3 Å². The quantitative estimate of drug-likeness (QED) is 0.665. The van der Waals surface area contributed by atoms with Crippen molar-refractivity contribution in [3.05, 3.63) is 63.3 Å². The van der Waals surface area contributed by atoms with E-state index in [9.17, 15) is 18.0 Å². The molecule has 0 unspecified atom stereocenters. The van der Waals surface area contributed by atoms with Gasteiger partial charge in [0.1, 0.15) is 0 Å². The maximum Gasteiger partial charge on any atom is 0.416 e. The number of thiazole rings is 1. The molecule has 154 valence electrons. The Labute approximate surface area is 170 Å². The highest BCUT2D eigenvalue weighted by atomic mass is 32.1. The molecule has 2 heterocycles. The zero-order valence-electron chi connectivity index (χ0n) is 15.8. The first-order chi connectivity index (χ1) is 13.9. The number of aryl methyl sites for hydroxylation is 1. The van der Waals surface area contributed by atoms with E-state index in [1.54, 1.807) is 12.1 Å². The summed E-state index contributed by atoms with van der Waals surface area (Å²) >= 11 is 1.22. The molecule has 2 aromatic carbocycles. The van der Waals surface area contributed by atoms with E-state index in [0.29, 0.717) is 0 Å². The fourth-order valence-corrected chi connectivity index (χ4v) is 4.45. The Hall–Kier alpha value is -2.32. The van der Waals surface area contributed by atoms with Crippen molar-refractivity contribution in [3.8, 4) is 0 Å². The summed E-state index contributed by atoms with van der Waals surface area (Å²) in [4.78, 5) is 19.0. The van der Waals surface area contributed by atoms with Gasteiger partial charge in [0, 0.05) is 31.9 Å². The van der Waals surface area contributed by atoms with Crippen LogP contribution in [-0.2, 0) is 12.6 Å².